The highest BCUT2D eigenvalue weighted by molar-refractivity contribution is 8.00. The molecule has 2 N–H and O–H groups in total. The van der Waals surface area contributed by atoms with Crippen molar-refractivity contribution in [1.82, 2.24) is 10.2 Å². The molecule has 1 aliphatic carbocycles. The van der Waals surface area contributed by atoms with Crippen molar-refractivity contribution in [2.75, 3.05) is 32.4 Å². The van der Waals surface area contributed by atoms with E-state index in [1.54, 1.807) is 0 Å². The summed E-state index contributed by atoms with van der Waals surface area (Å²) in [6, 6.07) is 0. The molecule has 1 unspecified atom stereocenters. The lowest BCUT2D eigenvalue weighted by Crippen LogP contribution is -2.53. The van der Waals surface area contributed by atoms with Crippen LogP contribution in [0.5, 0.6) is 0 Å². The summed E-state index contributed by atoms with van der Waals surface area (Å²) in [5.74, 6) is 2.12. The number of hydrogen-bond donors (Lipinski definition) is 2. The van der Waals surface area contributed by atoms with Gasteiger partial charge in [0.2, 0.25) is 0 Å². The average molecular weight is 271 g/mol. The Morgan fingerprint density at radius 2 is 2.33 bits per heavy atom. The van der Waals surface area contributed by atoms with Crippen molar-refractivity contribution in [3.8, 4) is 0 Å². The first kappa shape index (κ1) is 14.0. The Kier molecular flexibility index (Phi) is 4.78. The van der Waals surface area contributed by atoms with Crippen LogP contribution < -0.4 is 5.32 Å². The van der Waals surface area contributed by atoms with Crippen molar-refractivity contribution < 1.29 is 5.11 Å². The topological polar surface area (TPSA) is 47.9 Å². The minimum atomic E-state index is -0.482. The van der Waals surface area contributed by atoms with Gasteiger partial charge >= 0.3 is 0 Å². The molecular formula is C13H25N3OS. The number of thioether (sulfide) groups is 1. The Bertz CT molecular complexity index is 305. The van der Waals surface area contributed by atoms with E-state index < -0.39 is 5.60 Å². The molecule has 0 amide bonds. The summed E-state index contributed by atoms with van der Waals surface area (Å²) in [5.41, 5.74) is -0.482. The Labute approximate surface area is 114 Å². The molecule has 0 aromatic carbocycles. The lowest BCUT2D eigenvalue weighted by atomic mass is 9.80. The molecule has 5 heteroatoms. The van der Waals surface area contributed by atoms with Gasteiger partial charge in [0.1, 0.15) is 0 Å². The quantitative estimate of drug-likeness (QED) is 0.600. The van der Waals surface area contributed by atoms with Gasteiger partial charge in [0, 0.05) is 37.7 Å². The normalized spacial score (nSPS) is 27.8. The predicted molar refractivity (Wildman–Crippen MR) is 78.3 cm³/mol. The van der Waals surface area contributed by atoms with E-state index in [1.807, 2.05) is 7.05 Å². The standard InChI is InChI=1S/C13H25N3OS/c1-3-11-9-16(7-8-18-11)12(14-2)15-10-13(17)5-4-6-13/h11,17H,3-10H2,1-2H3,(H,14,15). The van der Waals surface area contributed by atoms with Gasteiger partial charge < -0.3 is 15.3 Å². The van der Waals surface area contributed by atoms with Crippen LogP contribution in [0.3, 0.4) is 0 Å². The zero-order chi connectivity index (χ0) is 13.0. The van der Waals surface area contributed by atoms with Crippen LogP contribution in [0.4, 0.5) is 0 Å². The van der Waals surface area contributed by atoms with Gasteiger partial charge in [-0.25, -0.2) is 0 Å². The van der Waals surface area contributed by atoms with Crippen LogP contribution in [-0.4, -0.2) is 59.3 Å². The molecule has 2 rings (SSSR count). The summed E-state index contributed by atoms with van der Waals surface area (Å²) in [6.07, 6.45) is 4.20. The van der Waals surface area contributed by atoms with Gasteiger partial charge in [-0.15, -0.1) is 0 Å². The smallest absolute Gasteiger partial charge is 0.193 e. The first-order valence-corrected chi connectivity index (χ1v) is 8.01. The Morgan fingerprint density at radius 3 is 2.89 bits per heavy atom. The fourth-order valence-electron chi connectivity index (χ4n) is 2.50. The molecule has 0 aromatic heterocycles. The van der Waals surface area contributed by atoms with Crippen molar-refractivity contribution in [3.05, 3.63) is 0 Å². The largest absolute Gasteiger partial charge is 0.388 e. The maximum absolute atomic E-state index is 10.1. The van der Waals surface area contributed by atoms with Gasteiger partial charge in [-0.05, 0) is 25.7 Å². The third kappa shape index (κ3) is 3.32. The SMILES string of the molecule is CCC1CN(C(=NC)NCC2(O)CCC2)CCS1. The van der Waals surface area contributed by atoms with Crippen molar-refractivity contribution >= 4 is 17.7 Å². The zero-order valence-electron chi connectivity index (χ0n) is 11.5. The Hall–Kier alpha value is -0.420. The van der Waals surface area contributed by atoms with E-state index in [9.17, 15) is 5.11 Å². The molecule has 0 spiro atoms. The maximum Gasteiger partial charge on any atom is 0.193 e. The first-order chi connectivity index (χ1) is 8.67. The monoisotopic (exact) mass is 271 g/mol. The number of aliphatic imine (C=N–C) groups is 1. The lowest BCUT2D eigenvalue weighted by Gasteiger charge is -2.39. The molecule has 18 heavy (non-hydrogen) atoms. The van der Waals surface area contributed by atoms with E-state index in [2.05, 4.69) is 33.9 Å². The summed E-state index contributed by atoms with van der Waals surface area (Å²) in [5, 5.41) is 14.2. The fourth-order valence-corrected chi connectivity index (χ4v) is 3.68. The van der Waals surface area contributed by atoms with Gasteiger partial charge in [-0.2, -0.15) is 11.8 Å². The zero-order valence-corrected chi connectivity index (χ0v) is 12.3. The summed E-state index contributed by atoms with van der Waals surface area (Å²) in [6.45, 7) is 5.01. The molecule has 4 nitrogen and oxygen atoms in total. The summed E-state index contributed by atoms with van der Waals surface area (Å²) >= 11 is 2.06. The van der Waals surface area contributed by atoms with Gasteiger partial charge in [-0.1, -0.05) is 6.92 Å². The van der Waals surface area contributed by atoms with Gasteiger partial charge in [0.05, 0.1) is 5.60 Å². The molecule has 0 aromatic rings. The molecule has 104 valence electrons. The molecule has 0 radical (unpaired) electrons. The van der Waals surface area contributed by atoms with Crippen LogP contribution in [0, 0.1) is 0 Å². The van der Waals surface area contributed by atoms with Gasteiger partial charge in [0.15, 0.2) is 5.96 Å². The third-order valence-corrected chi connectivity index (χ3v) is 5.34. The third-order valence-electron chi connectivity index (χ3n) is 3.97. The van der Waals surface area contributed by atoms with Crippen LogP contribution >= 0.6 is 11.8 Å². The fraction of sp³-hybridized carbons (Fsp3) is 0.923. The van der Waals surface area contributed by atoms with Crippen molar-refractivity contribution in [1.29, 1.82) is 0 Å². The summed E-state index contributed by atoms with van der Waals surface area (Å²) in [4.78, 5) is 6.68. The van der Waals surface area contributed by atoms with Gasteiger partial charge in [0.25, 0.3) is 0 Å². The molecule has 1 atom stereocenters. The molecule has 1 saturated heterocycles. The van der Waals surface area contributed by atoms with Crippen molar-refractivity contribution in [3.63, 3.8) is 0 Å². The van der Waals surface area contributed by atoms with Crippen molar-refractivity contribution in [2.45, 2.75) is 43.5 Å². The van der Waals surface area contributed by atoms with Crippen LogP contribution in [-0.2, 0) is 0 Å². The number of rotatable bonds is 3. The van der Waals surface area contributed by atoms with Crippen LogP contribution in [0.25, 0.3) is 0 Å². The minimum absolute atomic E-state index is 0.482. The summed E-state index contributed by atoms with van der Waals surface area (Å²) in [7, 11) is 1.83. The second kappa shape index (κ2) is 6.15. The molecule has 0 bridgehead atoms. The van der Waals surface area contributed by atoms with E-state index in [-0.39, 0.29) is 0 Å². The highest BCUT2D eigenvalue weighted by Gasteiger charge is 2.34. The molecule has 2 fully saturated rings. The molecular weight excluding hydrogens is 246 g/mol. The lowest BCUT2D eigenvalue weighted by molar-refractivity contribution is -0.0282. The van der Waals surface area contributed by atoms with Crippen molar-refractivity contribution in [2.24, 2.45) is 4.99 Å². The molecule has 2 aliphatic rings. The van der Waals surface area contributed by atoms with E-state index >= 15 is 0 Å². The number of guanidine groups is 1. The van der Waals surface area contributed by atoms with Crippen LogP contribution in [0.15, 0.2) is 4.99 Å². The predicted octanol–water partition coefficient (Wildman–Crippen LogP) is 1.30. The first-order valence-electron chi connectivity index (χ1n) is 6.96. The van der Waals surface area contributed by atoms with Crippen LogP contribution in [0.2, 0.25) is 0 Å². The average Bonchev–Trinajstić information content (AvgIpc) is 2.37. The summed E-state index contributed by atoms with van der Waals surface area (Å²) < 4.78 is 0. The Balaban J connectivity index is 1.84. The van der Waals surface area contributed by atoms with Crippen LogP contribution in [0.1, 0.15) is 32.6 Å². The number of aliphatic hydroxyl groups is 1. The van der Waals surface area contributed by atoms with E-state index in [4.69, 9.17) is 0 Å². The molecule has 1 aliphatic heterocycles. The number of nitrogens with one attached hydrogen (secondary N) is 1. The van der Waals surface area contributed by atoms with E-state index in [0.29, 0.717) is 11.8 Å². The van der Waals surface area contributed by atoms with Gasteiger partial charge in [-0.3, -0.25) is 4.99 Å². The maximum atomic E-state index is 10.1. The Morgan fingerprint density at radius 1 is 1.56 bits per heavy atom. The highest BCUT2D eigenvalue weighted by Crippen LogP contribution is 2.30. The van der Waals surface area contributed by atoms with E-state index in [1.165, 1.54) is 12.2 Å². The second-order valence-electron chi connectivity index (χ2n) is 5.33. The molecule has 1 saturated carbocycles. The number of nitrogens with zero attached hydrogens (tertiary/aromatic N) is 2. The highest BCUT2D eigenvalue weighted by atomic mass is 32.2. The van der Waals surface area contributed by atoms with E-state index in [0.717, 1.165) is 38.3 Å². The number of hydrogen-bond acceptors (Lipinski definition) is 3. The molecule has 1 heterocycles. The minimum Gasteiger partial charge on any atom is -0.388 e. The second-order valence-corrected chi connectivity index (χ2v) is 6.73.